The minimum atomic E-state index is -0.893. The van der Waals surface area contributed by atoms with Gasteiger partial charge in [-0.2, -0.15) is 0 Å². The van der Waals surface area contributed by atoms with E-state index in [2.05, 4.69) is 22.2 Å². The molecule has 0 spiro atoms. The summed E-state index contributed by atoms with van der Waals surface area (Å²) in [6.45, 7) is 1.71. The highest BCUT2D eigenvalue weighted by atomic mass is 16.7. The summed E-state index contributed by atoms with van der Waals surface area (Å²) >= 11 is 0. The van der Waals surface area contributed by atoms with Gasteiger partial charge in [0.15, 0.2) is 11.5 Å². The molecule has 8 nitrogen and oxygen atoms in total. The molecule has 8 heteroatoms. The number of carbonyl (C=O) groups is 2. The number of likely N-dealkylation sites (tertiary alicyclic amines) is 2. The second-order valence-electron chi connectivity index (χ2n) is 9.17. The van der Waals surface area contributed by atoms with Crippen molar-refractivity contribution in [1.82, 2.24) is 14.8 Å². The van der Waals surface area contributed by atoms with E-state index in [-0.39, 0.29) is 24.6 Å². The SMILES string of the molecule is CN1CCC(C(=O)Nc2ccc3[nH]ccc3c2)(N2C(=O)C[C@H]2c2ccc3c(c2)OCO3)CC1. The van der Waals surface area contributed by atoms with Crippen molar-refractivity contribution in [3.05, 3.63) is 54.2 Å². The molecular formula is C25H26N4O4. The molecule has 0 radical (unpaired) electrons. The average molecular weight is 447 g/mol. The van der Waals surface area contributed by atoms with E-state index in [9.17, 15) is 9.59 Å². The van der Waals surface area contributed by atoms with Crippen LogP contribution in [0.3, 0.4) is 0 Å². The van der Waals surface area contributed by atoms with Crippen LogP contribution in [-0.2, 0) is 9.59 Å². The number of nitrogens with one attached hydrogen (secondary N) is 2. The van der Waals surface area contributed by atoms with Crippen LogP contribution in [0.2, 0.25) is 0 Å². The number of aromatic nitrogens is 1. The molecule has 2 saturated heterocycles. The van der Waals surface area contributed by atoms with Crippen molar-refractivity contribution in [2.75, 3.05) is 32.2 Å². The second-order valence-corrected chi connectivity index (χ2v) is 9.17. The van der Waals surface area contributed by atoms with E-state index in [1.165, 1.54) is 0 Å². The van der Waals surface area contributed by atoms with Crippen LogP contribution in [0, 0.1) is 0 Å². The van der Waals surface area contributed by atoms with Gasteiger partial charge in [-0.3, -0.25) is 9.59 Å². The fourth-order valence-electron chi connectivity index (χ4n) is 5.29. The zero-order valence-electron chi connectivity index (χ0n) is 18.5. The number of carbonyl (C=O) groups excluding carboxylic acids is 2. The van der Waals surface area contributed by atoms with Gasteiger partial charge in [0.1, 0.15) is 5.54 Å². The molecule has 33 heavy (non-hydrogen) atoms. The molecule has 170 valence electrons. The maximum Gasteiger partial charge on any atom is 0.250 e. The molecule has 2 N–H and O–H groups in total. The van der Waals surface area contributed by atoms with Crippen molar-refractivity contribution >= 4 is 28.4 Å². The number of anilines is 1. The lowest BCUT2D eigenvalue weighted by Crippen LogP contribution is -2.68. The van der Waals surface area contributed by atoms with Gasteiger partial charge in [0.25, 0.3) is 0 Å². The summed E-state index contributed by atoms with van der Waals surface area (Å²) < 4.78 is 11.0. The van der Waals surface area contributed by atoms with Crippen molar-refractivity contribution in [3.8, 4) is 11.5 Å². The van der Waals surface area contributed by atoms with Crippen molar-refractivity contribution in [2.24, 2.45) is 0 Å². The summed E-state index contributed by atoms with van der Waals surface area (Å²) in [4.78, 5) is 34.0. The summed E-state index contributed by atoms with van der Waals surface area (Å²) in [7, 11) is 2.05. The standard InChI is InChI=1S/C25H26N4O4/c1-28-10-7-25(8-11-28,24(31)27-18-3-4-19-16(12-18)6-9-26-19)29-20(14-23(29)30)17-2-5-21-22(13-17)33-15-32-21/h2-6,9,12-13,20,26H,7-8,10-11,14-15H2,1H3,(H,27,31)/t20-/m0/s1. The lowest BCUT2D eigenvalue weighted by Gasteiger charge is -2.54. The Morgan fingerprint density at radius 3 is 2.73 bits per heavy atom. The lowest BCUT2D eigenvalue weighted by molar-refractivity contribution is -0.167. The Morgan fingerprint density at radius 1 is 1.09 bits per heavy atom. The number of hydrogen-bond donors (Lipinski definition) is 2. The number of hydrogen-bond acceptors (Lipinski definition) is 5. The first kappa shape index (κ1) is 20.1. The summed E-state index contributed by atoms with van der Waals surface area (Å²) in [6, 6.07) is 13.4. The highest BCUT2D eigenvalue weighted by Crippen LogP contribution is 2.47. The minimum absolute atomic E-state index is 0.0125. The molecule has 3 aliphatic rings. The third-order valence-corrected chi connectivity index (χ3v) is 7.24. The predicted octanol–water partition coefficient (Wildman–Crippen LogP) is 3.27. The maximum atomic E-state index is 13.8. The van der Waals surface area contributed by atoms with Crippen LogP contribution in [-0.4, -0.2) is 59.1 Å². The van der Waals surface area contributed by atoms with Gasteiger partial charge in [-0.15, -0.1) is 0 Å². The molecule has 0 aliphatic carbocycles. The molecule has 0 bridgehead atoms. The van der Waals surface area contributed by atoms with Gasteiger partial charge < -0.3 is 29.6 Å². The Bertz CT molecular complexity index is 1240. The Morgan fingerprint density at radius 2 is 1.91 bits per heavy atom. The summed E-state index contributed by atoms with van der Waals surface area (Å²) in [5.41, 5.74) is 1.83. The fraction of sp³-hybridized carbons (Fsp3) is 0.360. The van der Waals surface area contributed by atoms with Gasteiger partial charge in [0.2, 0.25) is 18.6 Å². The molecule has 6 rings (SSSR count). The average Bonchev–Trinajstić information content (AvgIpc) is 3.47. The molecule has 4 heterocycles. The van der Waals surface area contributed by atoms with E-state index < -0.39 is 5.54 Å². The normalized spacial score (nSPS) is 21.8. The first-order valence-electron chi connectivity index (χ1n) is 11.3. The molecule has 2 amide bonds. The van der Waals surface area contributed by atoms with Crippen LogP contribution in [0.5, 0.6) is 11.5 Å². The monoisotopic (exact) mass is 446 g/mol. The van der Waals surface area contributed by atoms with E-state index in [0.29, 0.717) is 30.8 Å². The van der Waals surface area contributed by atoms with Crippen LogP contribution in [0.15, 0.2) is 48.7 Å². The highest BCUT2D eigenvalue weighted by molar-refractivity contribution is 6.03. The third-order valence-electron chi connectivity index (χ3n) is 7.24. The molecule has 2 aromatic carbocycles. The molecule has 3 aliphatic heterocycles. The summed E-state index contributed by atoms with van der Waals surface area (Å²) in [5, 5.41) is 4.15. The smallest absolute Gasteiger partial charge is 0.250 e. The van der Waals surface area contributed by atoms with Gasteiger partial charge in [0.05, 0.1) is 12.5 Å². The Labute approximate surface area is 191 Å². The van der Waals surface area contributed by atoms with Crippen molar-refractivity contribution in [2.45, 2.75) is 30.8 Å². The lowest BCUT2D eigenvalue weighted by atomic mass is 9.78. The quantitative estimate of drug-likeness (QED) is 0.601. The van der Waals surface area contributed by atoms with Crippen LogP contribution in [0.1, 0.15) is 30.9 Å². The fourth-order valence-corrected chi connectivity index (χ4v) is 5.29. The molecule has 2 fully saturated rings. The largest absolute Gasteiger partial charge is 0.454 e. The van der Waals surface area contributed by atoms with Gasteiger partial charge in [-0.1, -0.05) is 6.07 Å². The zero-order valence-corrected chi connectivity index (χ0v) is 18.5. The number of rotatable bonds is 4. The topological polar surface area (TPSA) is 86.9 Å². The van der Waals surface area contributed by atoms with E-state index >= 15 is 0 Å². The number of ether oxygens (including phenoxy) is 2. The Hall–Kier alpha value is -3.52. The summed E-state index contributed by atoms with van der Waals surface area (Å²) in [6.07, 6.45) is 3.45. The van der Waals surface area contributed by atoms with Crippen molar-refractivity contribution in [3.63, 3.8) is 0 Å². The van der Waals surface area contributed by atoms with Crippen molar-refractivity contribution < 1.29 is 19.1 Å². The zero-order chi connectivity index (χ0) is 22.6. The van der Waals surface area contributed by atoms with E-state index in [1.54, 1.807) is 0 Å². The highest BCUT2D eigenvalue weighted by Gasteiger charge is 2.55. The van der Waals surface area contributed by atoms with E-state index in [1.807, 2.05) is 53.6 Å². The first-order valence-corrected chi connectivity index (χ1v) is 11.3. The van der Waals surface area contributed by atoms with Gasteiger partial charge in [-0.25, -0.2) is 0 Å². The summed E-state index contributed by atoms with van der Waals surface area (Å²) in [5.74, 6) is 1.29. The molecule has 1 atom stereocenters. The number of H-pyrrole nitrogens is 1. The number of amides is 2. The third kappa shape index (κ3) is 3.24. The van der Waals surface area contributed by atoms with Crippen LogP contribution < -0.4 is 14.8 Å². The first-order chi connectivity index (χ1) is 16.0. The number of aromatic amines is 1. The molecule has 0 saturated carbocycles. The van der Waals surface area contributed by atoms with Gasteiger partial charge in [0, 0.05) is 35.9 Å². The van der Waals surface area contributed by atoms with E-state index in [0.717, 1.165) is 35.2 Å². The number of fused-ring (bicyclic) bond motifs is 2. The van der Waals surface area contributed by atoms with Crippen LogP contribution in [0.4, 0.5) is 5.69 Å². The molecule has 3 aromatic rings. The number of β-lactam (4-membered cyclic amide) rings is 1. The van der Waals surface area contributed by atoms with E-state index in [4.69, 9.17) is 9.47 Å². The molecule has 0 unspecified atom stereocenters. The Balaban J connectivity index is 1.33. The maximum absolute atomic E-state index is 13.8. The van der Waals surface area contributed by atoms with Gasteiger partial charge >= 0.3 is 0 Å². The number of nitrogens with zero attached hydrogens (tertiary/aromatic N) is 2. The molecule has 1 aromatic heterocycles. The molecular weight excluding hydrogens is 420 g/mol. The van der Waals surface area contributed by atoms with Gasteiger partial charge in [-0.05, 0) is 61.9 Å². The number of benzene rings is 2. The predicted molar refractivity (Wildman–Crippen MR) is 123 cm³/mol. The van der Waals surface area contributed by atoms with Crippen LogP contribution in [0.25, 0.3) is 10.9 Å². The minimum Gasteiger partial charge on any atom is -0.454 e. The van der Waals surface area contributed by atoms with Crippen LogP contribution >= 0.6 is 0 Å². The number of piperidine rings is 1. The second kappa shape index (κ2) is 7.52. The Kier molecular flexibility index (Phi) is 4.58. The van der Waals surface area contributed by atoms with Crippen molar-refractivity contribution in [1.29, 1.82) is 0 Å².